The second-order valence-electron chi connectivity index (χ2n) is 8.63. The molecule has 0 radical (unpaired) electrons. The summed E-state index contributed by atoms with van der Waals surface area (Å²) in [6.07, 6.45) is 3.86. The van der Waals surface area contributed by atoms with Crippen molar-refractivity contribution in [2.45, 2.75) is 25.4 Å². The Kier molecular flexibility index (Phi) is 5.78. The van der Waals surface area contributed by atoms with E-state index in [9.17, 15) is 19.1 Å². The third kappa shape index (κ3) is 3.92. The van der Waals surface area contributed by atoms with Crippen molar-refractivity contribution < 1.29 is 14.3 Å². The van der Waals surface area contributed by atoms with Crippen molar-refractivity contribution in [2.24, 2.45) is 7.05 Å². The van der Waals surface area contributed by atoms with Gasteiger partial charge in [-0.1, -0.05) is 11.6 Å². The molecule has 0 saturated carbocycles. The number of carboxylic acid groups (broad SMARTS) is 1. The van der Waals surface area contributed by atoms with Crippen LogP contribution in [0.2, 0.25) is 5.02 Å². The van der Waals surface area contributed by atoms with Crippen LogP contribution in [0, 0.1) is 5.82 Å². The second kappa shape index (κ2) is 8.77. The molecule has 1 atom stereocenters. The fourth-order valence-corrected chi connectivity index (χ4v) is 5.08. The number of piperidine rings is 1. The number of rotatable bonds is 4. The highest BCUT2D eigenvalue weighted by atomic mass is 35.5. The van der Waals surface area contributed by atoms with Crippen molar-refractivity contribution in [3.8, 4) is 0 Å². The van der Waals surface area contributed by atoms with Crippen molar-refractivity contribution >= 4 is 40.0 Å². The molecule has 0 spiro atoms. The Balaban J connectivity index is 1.61. The summed E-state index contributed by atoms with van der Waals surface area (Å²) in [6.45, 7) is 1.76. The Bertz CT molecular complexity index is 1330. The van der Waals surface area contributed by atoms with Crippen molar-refractivity contribution in [3.63, 3.8) is 0 Å². The number of fused-ring (bicyclic) bond motifs is 3. The molecule has 4 heterocycles. The van der Waals surface area contributed by atoms with Crippen LogP contribution in [-0.2, 0) is 13.6 Å². The van der Waals surface area contributed by atoms with Gasteiger partial charge in [-0.15, -0.1) is 0 Å². The van der Waals surface area contributed by atoms with Crippen LogP contribution in [0.3, 0.4) is 0 Å². The van der Waals surface area contributed by atoms with E-state index in [1.54, 1.807) is 30.1 Å². The van der Waals surface area contributed by atoms with Crippen LogP contribution < -0.4 is 20.8 Å². The molecular weight excluding hydrogens is 463 g/mol. The fraction of sp³-hybridized carbons (Fsp3) is 0.348. The standard InChI is InChI=1S/C23H24ClFN6O3/c1-28-19-6-7-26-10-17(19)20-21(22(28)32)29(11-14-9-15(25)4-5-18(14)24)13-31(20)30-8-2-3-16(12-30)27-23(33)34/h4-7,9-10,16,27H,2-3,8,11-13H2,1H3,(H,33,34)/t16-/m1/s1. The number of hydrogen-bond acceptors (Lipinski definition) is 6. The number of halogens is 2. The van der Waals surface area contributed by atoms with Crippen LogP contribution >= 0.6 is 11.6 Å². The lowest BCUT2D eigenvalue weighted by Gasteiger charge is -2.39. The van der Waals surface area contributed by atoms with Gasteiger partial charge in [0.15, 0.2) is 0 Å². The number of hydrazine groups is 1. The topological polar surface area (TPSA) is 93.9 Å². The summed E-state index contributed by atoms with van der Waals surface area (Å²) < 4.78 is 15.5. The van der Waals surface area contributed by atoms with E-state index in [-0.39, 0.29) is 18.1 Å². The number of pyridine rings is 2. The number of amides is 1. The summed E-state index contributed by atoms with van der Waals surface area (Å²) in [5.41, 5.74) is 2.34. The van der Waals surface area contributed by atoms with Crippen molar-refractivity contribution in [2.75, 3.05) is 29.7 Å². The summed E-state index contributed by atoms with van der Waals surface area (Å²) in [7, 11) is 1.72. The van der Waals surface area contributed by atoms with Gasteiger partial charge in [-0.3, -0.25) is 14.8 Å². The molecule has 0 bridgehead atoms. The number of carbonyl (C=O) groups is 1. The number of hydrogen-bond donors (Lipinski definition) is 2. The quantitative estimate of drug-likeness (QED) is 0.585. The Hall–Kier alpha value is -3.37. The SMILES string of the molecule is Cn1c(=O)c2c(c3cnccc31)N(N1CCC[C@@H](NC(=O)O)C1)CN2Cc1cc(F)ccc1Cl. The molecule has 0 aliphatic carbocycles. The van der Waals surface area contributed by atoms with Crippen LogP contribution in [0.15, 0.2) is 41.5 Å². The van der Waals surface area contributed by atoms with Gasteiger partial charge in [0, 0.05) is 55.5 Å². The van der Waals surface area contributed by atoms with E-state index in [4.69, 9.17) is 11.6 Å². The van der Waals surface area contributed by atoms with Gasteiger partial charge in [-0.2, -0.15) is 0 Å². The number of nitrogens with zero attached hydrogens (tertiary/aromatic N) is 5. The highest BCUT2D eigenvalue weighted by molar-refractivity contribution is 6.31. The zero-order valence-corrected chi connectivity index (χ0v) is 19.3. The molecule has 2 aromatic heterocycles. The summed E-state index contributed by atoms with van der Waals surface area (Å²) in [5.74, 6) is -0.398. The largest absolute Gasteiger partial charge is 0.465 e. The third-order valence-electron chi connectivity index (χ3n) is 6.46. The predicted octanol–water partition coefficient (Wildman–Crippen LogP) is 3.16. The predicted molar refractivity (Wildman–Crippen MR) is 128 cm³/mol. The first-order valence-electron chi connectivity index (χ1n) is 11.0. The molecule has 2 aliphatic rings. The maximum atomic E-state index is 14.0. The highest BCUT2D eigenvalue weighted by Gasteiger charge is 2.37. The van der Waals surface area contributed by atoms with E-state index in [0.29, 0.717) is 36.0 Å². The average Bonchev–Trinajstić information content (AvgIpc) is 3.19. The summed E-state index contributed by atoms with van der Waals surface area (Å²) in [4.78, 5) is 30.9. The zero-order chi connectivity index (χ0) is 24.0. The lowest BCUT2D eigenvalue weighted by molar-refractivity contribution is 0.157. The minimum Gasteiger partial charge on any atom is -0.465 e. The lowest BCUT2D eigenvalue weighted by atomic mass is 10.1. The number of aromatic nitrogens is 2. The monoisotopic (exact) mass is 486 g/mol. The number of nitrogens with one attached hydrogen (secondary N) is 1. The minimum absolute atomic E-state index is 0.180. The van der Waals surface area contributed by atoms with Crippen LogP contribution in [0.25, 0.3) is 10.9 Å². The molecule has 2 aliphatic heterocycles. The van der Waals surface area contributed by atoms with Crippen LogP contribution in [0.5, 0.6) is 0 Å². The molecule has 1 aromatic carbocycles. The molecular formula is C23H24ClFN6O3. The normalized spacial score (nSPS) is 18.4. The first-order valence-corrected chi connectivity index (χ1v) is 11.4. The fourth-order valence-electron chi connectivity index (χ4n) is 4.91. The van der Waals surface area contributed by atoms with Crippen LogP contribution in [0.4, 0.5) is 20.6 Å². The van der Waals surface area contributed by atoms with Crippen molar-refractivity contribution in [1.82, 2.24) is 19.9 Å². The van der Waals surface area contributed by atoms with E-state index in [2.05, 4.69) is 15.3 Å². The highest BCUT2D eigenvalue weighted by Crippen LogP contribution is 2.41. The first-order chi connectivity index (χ1) is 16.3. The van der Waals surface area contributed by atoms with Gasteiger partial charge in [0.2, 0.25) is 0 Å². The van der Waals surface area contributed by atoms with E-state index in [1.165, 1.54) is 18.2 Å². The molecule has 1 fully saturated rings. The molecule has 178 valence electrons. The molecule has 1 amide bonds. The van der Waals surface area contributed by atoms with Gasteiger partial charge < -0.3 is 19.9 Å². The molecule has 5 rings (SSSR count). The van der Waals surface area contributed by atoms with E-state index >= 15 is 0 Å². The van der Waals surface area contributed by atoms with Gasteiger partial charge in [0.25, 0.3) is 5.56 Å². The number of benzene rings is 1. The van der Waals surface area contributed by atoms with Crippen molar-refractivity contribution in [1.29, 1.82) is 0 Å². The Morgan fingerprint density at radius 2 is 2.15 bits per heavy atom. The van der Waals surface area contributed by atoms with E-state index in [1.807, 2.05) is 9.91 Å². The molecule has 2 N–H and O–H groups in total. The van der Waals surface area contributed by atoms with Gasteiger partial charge in [0.05, 0.1) is 11.2 Å². The molecule has 3 aromatic rings. The molecule has 11 heteroatoms. The first kappa shape index (κ1) is 22.4. The van der Waals surface area contributed by atoms with Gasteiger partial charge >= 0.3 is 6.09 Å². The Labute approximate surface area is 199 Å². The lowest BCUT2D eigenvalue weighted by Crippen LogP contribution is -2.54. The maximum absolute atomic E-state index is 14.0. The van der Waals surface area contributed by atoms with Gasteiger partial charge in [-0.05, 0) is 42.7 Å². The summed E-state index contributed by atoms with van der Waals surface area (Å²) in [5, 5.41) is 17.1. The number of aryl methyl sites for hydroxylation is 1. The number of anilines is 2. The van der Waals surface area contributed by atoms with Gasteiger partial charge in [0.1, 0.15) is 18.2 Å². The average molecular weight is 487 g/mol. The molecule has 34 heavy (non-hydrogen) atoms. The van der Waals surface area contributed by atoms with Crippen LogP contribution in [-0.4, -0.2) is 51.6 Å². The third-order valence-corrected chi connectivity index (χ3v) is 6.83. The van der Waals surface area contributed by atoms with E-state index in [0.717, 1.165) is 29.4 Å². The zero-order valence-electron chi connectivity index (χ0n) is 18.5. The van der Waals surface area contributed by atoms with E-state index < -0.39 is 11.9 Å². The second-order valence-corrected chi connectivity index (χ2v) is 9.04. The summed E-state index contributed by atoms with van der Waals surface area (Å²) in [6, 6.07) is 5.77. The van der Waals surface area contributed by atoms with Crippen molar-refractivity contribution in [3.05, 3.63) is 63.4 Å². The molecule has 1 saturated heterocycles. The smallest absolute Gasteiger partial charge is 0.404 e. The van der Waals surface area contributed by atoms with Gasteiger partial charge in [-0.25, -0.2) is 14.2 Å². The summed E-state index contributed by atoms with van der Waals surface area (Å²) >= 11 is 6.35. The minimum atomic E-state index is -1.06. The molecule has 9 nitrogen and oxygen atoms in total. The maximum Gasteiger partial charge on any atom is 0.404 e. The Morgan fingerprint density at radius 1 is 1.32 bits per heavy atom. The van der Waals surface area contributed by atoms with Crippen LogP contribution in [0.1, 0.15) is 18.4 Å². The molecule has 0 unspecified atom stereocenters. The Morgan fingerprint density at radius 3 is 2.94 bits per heavy atom.